The second kappa shape index (κ2) is 7.08. The van der Waals surface area contributed by atoms with Crippen molar-refractivity contribution in [2.75, 3.05) is 0 Å². The molecule has 96 valence electrons. The van der Waals surface area contributed by atoms with Crippen LogP contribution in [0.2, 0.25) is 0 Å². The number of carbonyl (C=O) groups excluding carboxylic acids is 1. The molecule has 0 radical (unpaired) electrons. The number of carbonyl (C=O) groups is 1. The van der Waals surface area contributed by atoms with Crippen molar-refractivity contribution in [1.82, 2.24) is 0 Å². The van der Waals surface area contributed by atoms with E-state index in [0.717, 1.165) is 24.0 Å². The summed E-state index contributed by atoms with van der Waals surface area (Å²) in [5.41, 5.74) is 4.56. The maximum absolute atomic E-state index is 12.0. The van der Waals surface area contributed by atoms with Crippen molar-refractivity contribution < 1.29 is 23.7 Å². The maximum Gasteiger partial charge on any atom is 1.00 e. The minimum Gasteiger partial charge on any atom is -0.304 e. The van der Waals surface area contributed by atoms with Crippen LogP contribution in [0.15, 0.2) is 47.4 Å². The summed E-state index contributed by atoms with van der Waals surface area (Å²) < 4.78 is 0. The van der Waals surface area contributed by atoms with Gasteiger partial charge in [-0.3, -0.25) is 4.79 Å². The van der Waals surface area contributed by atoms with Gasteiger partial charge in [0.25, 0.3) is 0 Å². The third kappa shape index (κ3) is 2.99. The molecule has 4 rings (SSSR count). The molecule has 1 aromatic heterocycles. The van der Waals surface area contributed by atoms with Gasteiger partial charge in [-0.15, -0.1) is 5.38 Å². The van der Waals surface area contributed by atoms with Gasteiger partial charge in [0.2, 0.25) is 0 Å². The molecule has 3 heteroatoms. The van der Waals surface area contributed by atoms with Crippen LogP contribution in [0.1, 0.15) is 41.6 Å². The van der Waals surface area contributed by atoms with Gasteiger partial charge in [0, 0.05) is 11.1 Å². The number of hydrogen-bond donors (Lipinski definition) is 0. The van der Waals surface area contributed by atoms with E-state index in [-0.39, 0.29) is 24.6 Å². The van der Waals surface area contributed by atoms with Gasteiger partial charge < -0.3 is 11.3 Å². The summed E-state index contributed by atoms with van der Waals surface area (Å²) in [6.45, 7) is 0. The largest absolute Gasteiger partial charge is 1.00 e. The molecule has 0 saturated heterocycles. The number of hydrogen-bond acceptors (Lipinski definition) is 2. The van der Waals surface area contributed by atoms with E-state index < -0.39 is 0 Å². The van der Waals surface area contributed by atoms with E-state index in [2.05, 4.69) is 11.4 Å². The Labute approximate surface area is 135 Å². The second-order valence-electron chi connectivity index (χ2n) is 4.77. The zero-order valence-corrected chi connectivity index (χ0v) is 12.5. The van der Waals surface area contributed by atoms with Gasteiger partial charge in [0.05, 0.1) is 0 Å². The van der Waals surface area contributed by atoms with Crippen LogP contribution in [-0.4, -0.2) is 5.78 Å². The van der Waals surface area contributed by atoms with Gasteiger partial charge in [0.1, 0.15) is 0 Å². The summed E-state index contributed by atoms with van der Waals surface area (Å²) in [5.74, 6) is 0.287. The molecule has 2 aliphatic carbocycles. The summed E-state index contributed by atoms with van der Waals surface area (Å²) in [7, 11) is 0. The molecule has 2 aliphatic rings. The second-order valence-corrected chi connectivity index (χ2v) is 5.51. The molecule has 0 atom stereocenters. The van der Waals surface area contributed by atoms with Crippen molar-refractivity contribution in [2.24, 2.45) is 0 Å². The van der Waals surface area contributed by atoms with Crippen molar-refractivity contribution in [3.05, 3.63) is 63.9 Å². The summed E-state index contributed by atoms with van der Waals surface area (Å²) in [4.78, 5) is 12.0. The molecular weight excluding hydrogens is 259 g/mol. The van der Waals surface area contributed by atoms with Crippen molar-refractivity contribution in [2.45, 2.75) is 25.7 Å². The fourth-order valence-corrected chi connectivity index (χ4v) is 3.15. The Hall–Kier alpha value is -1.07. The Morgan fingerprint density at radius 2 is 1.65 bits per heavy atom. The first-order valence-electron chi connectivity index (χ1n) is 6.63. The number of allylic oxidation sites excluding steroid dienone is 2. The van der Waals surface area contributed by atoms with Gasteiger partial charge in [-0.1, -0.05) is 24.3 Å². The summed E-state index contributed by atoms with van der Waals surface area (Å²) >= 11 is 1.59. The van der Waals surface area contributed by atoms with Crippen molar-refractivity contribution in [3.63, 3.8) is 0 Å². The molecule has 1 nitrogen and oxygen atoms in total. The van der Waals surface area contributed by atoms with Gasteiger partial charge >= 0.3 is 18.9 Å². The van der Waals surface area contributed by atoms with Crippen molar-refractivity contribution in [1.29, 1.82) is 0 Å². The number of fused-ring (bicyclic) bond motifs is 2. The average Bonchev–Trinajstić information content (AvgIpc) is 3.12. The standard InChI is InChI=1S/C13H12O.C4H3S.Li/c14-13-11-7-3-1-5-9(11)10-6-2-4-8-12(10)13;1-2-4-5-3-1;/h1,3,5,7H,2,4,6,8H2;1-3H;/q;-1;+1. The summed E-state index contributed by atoms with van der Waals surface area (Å²) in [5, 5.41) is 4.89. The van der Waals surface area contributed by atoms with Crippen LogP contribution < -0.4 is 18.9 Å². The van der Waals surface area contributed by atoms with Crippen LogP contribution in [0.4, 0.5) is 0 Å². The quantitative estimate of drug-likeness (QED) is 0.528. The number of ketones is 1. The van der Waals surface area contributed by atoms with E-state index in [1.54, 1.807) is 11.3 Å². The molecule has 0 amide bonds. The van der Waals surface area contributed by atoms with Crippen LogP contribution >= 0.6 is 11.3 Å². The summed E-state index contributed by atoms with van der Waals surface area (Å²) in [6, 6.07) is 11.9. The monoisotopic (exact) mass is 274 g/mol. The minimum absolute atomic E-state index is 0. The molecule has 2 aromatic rings. The molecule has 0 aliphatic heterocycles. The van der Waals surface area contributed by atoms with Crippen LogP contribution in [0, 0.1) is 5.38 Å². The zero-order chi connectivity index (χ0) is 13.1. The van der Waals surface area contributed by atoms with E-state index >= 15 is 0 Å². The molecule has 0 unspecified atom stereocenters. The van der Waals surface area contributed by atoms with Gasteiger partial charge in [-0.2, -0.15) is 11.4 Å². The van der Waals surface area contributed by atoms with E-state index in [1.807, 2.05) is 35.7 Å². The number of benzene rings is 1. The van der Waals surface area contributed by atoms with Crippen molar-refractivity contribution in [3.8, 4) is 0 Å². The first kappa shape index (κ1) is 15.3. The predicted octanol–water partition coefficient (Wildman–Crippen LogP) is 1.76. The molecule has 0 bridgehead atoms. The first-order valence-corrected chi connectivity index (χ1v) is 7.51. The third-order valence-corrected chi connectivity index (χ3v) is 4.18. The molecule has 1 aromatic carbocycles. The van der Waals surface area contributed by atoms with Crippen LogP contribution in [0.5, 0.6) is 0 Å². The number of Topliss-reactive ketones (excluding diaryl/α,β-unsaturated/α-hetero) is 1. The molecule has 0 saturated carbocycles. The first-order chi connectivity index (χ1) is 9.38. The van der Waals surface area contributed by atoms with Crippen LogP contribution in [0.3, 0.4) is 0 Å². The molecule has 0 N–H and O–H groups in total. The van der Waals surface area contributed by atoms with Crippen LogP contribution in [-0.2, 0) is 0 Å². The summed E-state index contributed by atoms with van der Waals surface area (Å²) in [6.07, 6.45) is 4.50. The topological polar surface area (TPSA) is 17.1 Å². The smallest absolute Gasteiger partial charge is 0.304 e. The number of rotatable bonds is 0. The minimum atomic E-state index is 0. The number of thiophene rings is 1. The fraction of sp³-hybridized carbons (Fsp3) is 0.235. The fourth-order valence-electron chi connectivity index (χ4n) is 2.76. The van der Waals surface area contributed by atoms with Crippen LogP contribution in [0.25, 0.3) is 5.57 Å². The van der Waals surface area contributed by atoms with Crippen molar-refractivity contribution >= 4 is 22.7 Å². The Morgan fingerprint density at radius 1 is 0.950 bits per heavy atom. The molecule has 0 spiro atoms. The Balaban J connectivity index is 0.000000210. The normalized spacial score (nSPS) is 15.7. The average molecular weight is 274 g/mol. The Bertz CT molecular complexity index is 596. The van der Waals surface area contributed by atoms with E-state index in [1.165, 1.54) is 24.0 Å². The molecule has 1 heterocycles. The van der Waals surface area contributed by atoms with Gasteiger partial charge in [-0.05, 0) is 36.8 Å². The van der Waals surface area contributed by atoms with Gasteiger partial charge in [-0.25, -0.2) is 6.07 Å². The maximum atomic E-state index is 12.0. The molecule has 20 heavy (non-hydrogen) atoms. The molecular formula is C17H15LiOS. The van der Waals surface area contributed by atoms with E-state index in [4.69, 9.17) is 0 Å². The third-order valence-electron chi connectivity index (χ3n) is 3.62. The van der Waals surface area contributed by atoms with Gasteiger partial charge in [0.15, 0.2) is 5.78 Å². The van der Waals surface area contributed by atoms with E-state index in [9.17, 15) is 4.79 Å². The Kier molecular flexibility index (Phi) is 5.43. The SMILES string of the molecule is O=C1C2=C(CCCC2)c2ccccc21.[Li+].[c-]1cccs1. The Morgan fingerprint density at radius 3 is 2.25 bits per heavy atom. The molecule has 0 fully saturated rings. The van der Waals surface area contributed by atoms with E-state index in [0.29, 0.717) is 0 Å². The predicted molar refractivity (Wildman–Crippen MR) is 79.3 cm³/mol. The zero-order valence-electron chi connectivity index (χ0n) is 11.7.